The monoisotopic (exact) mass is 410 g/mol. The van der Waals surface area contributed by atoms with Crippen molar-refractivity contribution in [3.05, 3.63) is 88.4 Å². The number of nitrogens with one attached hydrogen (secondary N) is 1. The summed E-state index contributed by atoms with van der Waals surface area (Å²) in [5, 5.41) is 13.9. The number of nitrogens with zero attached hydrogens (tertiary/aromatic N) is 1. The van der Waals surface area contributed by atoms with Gasteiger partial charge in [-0.3, -0.25) is 4.79 Å². The van der Waals surface area contributed by atoms with Crippen LogP contribution in [0.5, 0.6) is 17.2 Å². The number of phenols is 1. The molecule has 0 aliphatic heterocycles. The quantitative estimate of drug-likeness (QED) is 0.447. The lowest BCUT2D eigenvalue weighted by molar-refractivity contribution is 0.0955. The van der Waals surface area contributed by atoms with Gasteiger partial charge in [0, 0.05) is 10.6 Å². The number of phenolic OH excluding ortho intramolecular Hbond substituents is 1. The summed E-state index contributed by atoms with van der Waals surface area (Å²) in [5.74, 6) is 0.851. The van der Waals surface area contributed by atoms with Crippen LogP contribution in [-0.2, 0) is 6.61 Å². The van der Waals surface area contributed by atoms with Crippen LogP contribution in [0.4, 0.5) is 0 Å². The lowest BCUT2D eigenvalue weighted by atomic mass is 10.2. The van der Waals surface area contributed by atoms with Crippen molar-refractivity contribution in [1.82, 2.24) is 5.43 Å². The highest BCUT2D eigenvalue weighted by molar-refractivity contribution is 6.30. The molecule has 1 amide bonds. The van der Waals surface area contributed by atoms with E-state index in [1.165, 1.54) is 30.5 Å². The molecule has 29 heavy (non-hydrogen) atoms. The molecule has 0 unspecified atom stereocenters. The molecule has 3 aromatic carbocycles. The van der Waals surface area contributed by atoms with Gasteiger partial charge in [0.05, 0.1) is 13.3 Å². The third kappa shape index (κ3) is 5.73. The Labute approximate surface area is 173 Å². The summed E-state index contributed by atoms with van der Waals surface area (Å²) < 4.78 is 11.2. The number of aromatic hydroxyl groups is 1. The topological polar surface area (TPSA) is 80.2 Å². The molecule has 3 aromatic rings. The average molecular weight is 411 g/mol. The number of ether oxygens (including phenoxy) is 2. The Kier molecular flexibility index (Phi) is 6.71. The zero-order valence-electron chi connectivity index (χ0n) is 15.6. The number of halogens is 1. The highest BCUT2D eigenvalue weighted by atomic mass is 35.5. The minimum Gasteiger partial charge on any atom is -0.508 e. The molecule has 3 rings (SSSR count). The molecule has 0 heterocycles. The summed E-state index contributed by atoms with van der Waals surface area (Å²) in [6, 6.07) is 18.6. The molecule has 0 aromatic heterocycles. The second-order valence-electron chi connectivity index (χ2n) is 6.07. The van der Waals surface area contributed by atoms with Gasteiger partial charge >= 0.3 is 0 Å². The fraction of sp³-hybridized carbons (Fsp3) is 0.0909. The maximum absolute atomic E-state index is 12.0. The van der Waals surface area contributed by atoms with Crippen LogP contribution in [-0.4, -0.2) is 24.3 Å². The zero-order valence-corrected chi connectivity index (χ0v) is 16.4. The van der Waals surface area contributed by atoms with Crippen LogP contribution >= 0.6 is 11.6 Å². The largest absolute Gasteiger partial charge is 0.508 e. The summed E-state index contributed by atoms with van der Waals surface area (Å²) in [6.45, 7) is 0.353. The number of hydrogen-bond acceptors (Lipinski definition) is 5. The second kappa shape index (κ2) is 9.61. The normalized spacial score (nSPS) is 10.7. The van der Waals surface area contributed by atoms with Crippen LogP contribution in [0.2, 0.25) is 5.02 Å². The van der Waals surface area contributed by atoms with Gasteiger partial charge < -0.3 is 14.6 Å². The molecule has 2 N–H and O–H groups in total. The van der Waals surface area contributed by atoms with Crippen LogP contribution in [0.3, 0.4) is 0 Å². The summed E-state index contributed by atoms with van der Waals surface area (Å²) in [5.41, 5.74) is 4.53. The molecule has 0 aliphatic carbocycles. The molecule has 0 atom stereocenters. The molecular weight excluding hydrogens is 392 g/mol. The van der Waals surface area contributed by atoms with Gasteiger partial charge in [0.1, 0.15) is 12.4 Å². The second-order valence-corrected chi connectivity index (χ2v) is 6.51. The van der Waals surface area contributed by atoms with Gasteiger partial charge in [-0.1, -0.05) is 23.7 Å². The van der Waals surface area contributed by atoms with E-state index in [2.05, 4.69) is 10.5 Å². The fourth-order valence-electron chi connectivity index (χ4n) is 2.47. The van der Waals surface area contributed by atoms with Gasteiger partial charge in [-0.05, 0) is 65.7 Å². The maximum Gasteiger partial charge on any atom is 0.271 e. The Balaban J connectivity index is 1.65. The van der Waals surface area contributed by atoms with Crippen LogP contribution in [0.25, 0.3) is 0 Å². The Bertz CT molecular complexity index is 1000. The Morgan fingerprint density at radius 3 is 2.48 bits per heavy atom. The highest BCUT2D eigenvalue weighted by Gasteiger charge is 2.07. The van der Waals surface area contributed by atoms with E-state index in [0.717, 1.165) is 11.1 Å². The molecule has 7 heteroatoms. The Morgan fingerprint density at radius 1 is 1.07 bits per heavy atom. The van der Waals surface area contributed by atoms with Crippen molar-refractivity contribution in [2.75, 3.05) is 7.11 Å². The Hall–Kier alpha value is -3.51. The number of carbonyl (C=O) groups is 1. The smallest absolute Gasteiger partial charge is 0.271 e. The predicted octanol–water partition coefficient (Wildman–Crippen LogP) is 4.40. The number of hydrogen-bond donors (Lipinski definition) is 2. The molecular formula is C22H19ClN2O4. The maximum atomic E-state index is 12.0. The van der Waals surface area contributed by atoms with E-state index >= 15 is 0 Å². The average Bonchev–Trinajstić information content (AvgIpc) is 2.74. The number of carbonyl (C=O) groups excluding carboxylic acids is 1. The summed E-state index contributed by atoms with van der Waals surface area (Å²) in [7, 11) is 1.57. The van der Waals surface area contributed by atoms with Crippen LogP contribution < -0.4 is 14.9 Å². The van der Waals surface area contributed by atoms with E-state index in [9.17, 15) is 9.90 Å². The molecule has 0 bridgehead atoms. The third-order valence-corrected chi connectivity index (χ3v) is 4.26. The fourth-order valence-corrected chi connectivity index (χ4v) is 2.60. The van der Waals surface area contributed by atoms with Crippen LogP contribution in [0.1, 0.15) is 21.5 Å². The number of benzene rings is 3. The molecule has 148 valence electrons. The molecule has 0 fully saturated rings. The number of hydrazone groups is 1. The summed E-state index contributed by atoms with van der Waals surface area (Å²) in [4.78, 5) is 12.0. The minimum atomic E-state index is -0.381. The molecule has 6 nitrogen and oxygen atoms in total. The van der Waals surface area contributed by atoms with Crippen LogP contribution in [0, 0.1) is 0 Å². The van der Waals surface area contributed by atoms with E-state index in [0.29, 0.717) is 28.7 Å². The number of rotatable bonds is 7. The van der Waals surface area contributed by atoms with Crippen molar-refractivity contribution in [2.45, 2.75) is 6.61 Å². The summed E-state index contributed by atoms with van der Waals surface area (Å²) in [6.07, 6.45) is 1.51. The van der Waals surface area contributed by atoms with Crippen molar-refractivity contribution in [3.63, 3.8) is 0 Å². The van der Waals surface area contributed by atoms with Gasteiger partial charge in [-0.15, -0.1) is 0 Å². The summed E-state index contributed by atoms with van der Waals surface area (Å²) >= 11 is 5.90. The molecule has 0 spiro atoms. The van der Waals surface area contributed by atoms with Gasteiger partial charge in [-0.25, -0.2) is 5.43 Å². The Morgan fingerprint density at radius 2 is 1.79 bits per heavy atom. The van der Waals surface area contributed by atoms with Gasteiger partial charge in [0.25, 0.3) is 5.91 Å². The molecule has 0 saturated carbocycles. The first kappa shape index (κ1) is 20.2. The van der Waals surface area contributed by atoms with Crippen molar-refractivity contribution in [3.8, 4) is 17.2 Å². The van der Waals surface area contributed by atoms with Crippen molar-refractivity contribution >= 4 is 23.7 Å². The SMILES string of the molecule is COc1ccc(/C=N/NC(=O)c2ccc(O)cc2)cc1OCc1ccc(Cl)cc1. The minimum absolute atomic E-state index is 0.0920. The van der Waals surface area contributed by atoms with Crippen molar-refractivity contribution < 1.29 is 19.4 Å². The highest BCUT2D eigenvalue weighted by Crippen LogP contribution is 2.28. The van der Waals surface area contributed by atoms with Gasteiger partial charge in [-0.2, -0.15) is 5.10 Å². The van der Waals surface area contributed by atoms with E-state index in [1.807, 2.05) is 12.1 Å². The number of amides is 1. The van der Waals surface area contributed by atoms with Crippen LogP contribution in [0.15, 0.2) is 71.8 Å². The zero-order chi connectivity index (χ0) is 20.6. The van der Waals surface area contributed by atoms with Crippen molar-refractivity contribution in [2.24, 2.45) is 5.10 Å². The van der Waals surface area contributed by atoms with E-state index in [-0.39, 0.29) is 11.7 Å². The number of methoxy groups -OCH3 is 1. The van der Waals surface area contributed by atoms with E-state index in [1.54, 1.807) is 37.4 Å². The van der Waals surface area contributed by atoms with Crippen molar-refractivity contribution in [1.29, 1.82) is 0 Å². The lowest BCUT2D eigenvalue weighted by Gasteiger charge is -2.11. The first-order valence-electron chi connectivity index (χ1n) is 8.73. The van der Waals surface area contributed by atoms with E-state index < -0.39 is 0 Å². The van der Waals surface area contributed by atoms with Gasteiger partial charge in [0.15, 0.2) is 11.5 Å². The first-order chi connectivity index (χ1) is 14.0. The molecule has 0 aliphatic rings. The van der Waals surface area contributed by atoms with E-state index in [4.69, 9.17) is 21.1 Å². The first-order valence-corrected chi connectivity index (χ1v) is 9.10. The lowest BCUT2D eigenvalue weighted by Crippen LogP contribution is -2.17. The van der Waals surface area contributed by atoms with Gasteiger partial charge in [0.2, 0.25) is 0 Å². The molecule has 0 radical (unpaired) electrons. The molecule has 0 saturated heterocycles. The third-order valence-electron chi connectivity index (χ3n) is 4.00. The standard InChI is InChI=1S/C22H19ClN2O4/c1-28-20-11-4-16(12-21(20)29-14-15-2-7-18(23)8-3-15)13-24-25-22(27)17-5-9-19(26)10-6-17/h2-13,26H,14H2,1H3,(H,25,27)/b24-13+. The predicted molar refractivity (Wildman–Crippen MR) is 112 cm³/mol.